The zero-order valence-electron chi connectivity index (χ0n) is 12.0. The summed E-state index contributed by atoms with van der Waals surface area (Å²) in [5, 5.41) is 8.11. The highest BCUT2D eigenvalue weighted by atomic mass is 35.5. The van der Waals surface area contributed by atoms with Gasteiger partial charge in [0, 0.05) is 24.2 Å². The van der Waals surface area contributed by atoms with Crippen molar-refractivity contribution in [2.75, 3.05) is 7.05 Å². The molecule has 108 valence electrons. The zero-order chi connectivity index (χ0) is 15.2. The van der Waals surface area contributed by atoms with E-state index < -0.39 is 0 Å². The number of benzene rings is 1. The summed E-state index contributed by atoms with van der Waals surface area (Å²) in [6.45, 7) is 2.04. The van der Waals surface area contributed by atoms with E-state index >= 15 is 0 Å². The van der Waals surface area contributed by atoms with Crippen molar-refractivity contribution in [2.45, 2.75) is 19.8 Å². The van der Waals surface area contributed by atoms with Gasteiger partial charge in [0.15, 0.2) is 0 Å². The molecule has 0 saturated heterocycles. The number of hydrogen-bond donors (Lipinski definition) is 0. The number of aromatic nitrogens is 1. The van der Waals surface area contributed by atoms with Gasteiger partial charge in [0.25, 0.3) is 0 Å². The van der Waals surface area contributed by atoms with Gasteiger partial charge in [-0.3, -0.25) is 4.79 Å². The van der Waals surface area contributed by atoms with Crippen LogP contribution >= 0.6 is 11.6 Å². The molecule has 2 aromatic rings. The number of nitrogens with zero attached hydrogens (tertiary/aromatic N) is 3. The Kier molecular flexibility index (Phi) is 5.17. The smallest absolute Gasteiger partial charge is 0.211 e. The van der Waals surface area contributed by atoms with E-state index in [9.17, 15) is 4.79 Å². The summed E-state index contributed by atoms with van der Waals surface area (Å²) in [7, 11) is 1.59. The average Bonchev–Trinajstić information content (AvgIpc) is 2.50. The molecule has 2 rings (SSSR count). The van der Waals surface area contributed by atoms with Gasteiger partial charge >= 0.3 is 0 Å². The lowest BCUT2D eigenvalue weighted by molar-refractivity contribution is 0.103. The normalized spacial score (nSPS) is 11.0. The van der Waals surface area contributed by atoms with Crippen LogP contribution in [0.2, 0.25) is 5.15 Å². The molecule has 0 aliphatic carbocycles. The molecule has 0 saturated carbocycles. The van der Waals surface area contributed by atoms with Gasteiger partial charge < -0.3 is 0 Å². The Bertz CT molecular complexity index is 669. The fourth-order valence-corrected chi connectivity index (χ4v) is 2.32. The van der Waals surface area contributed by atoms with Crippen LogP contribution in [0.4, 0.5) is 5.69 Å². The van der Waals surface area contributed by atoms with Gasteiger partial charge in [-0.1, -0.05) is 55.3 Å². The Morgan fingerprint density at radius 1 is 1.29 bits per heavy atom. The monoisotopic (exact) mass is 301 g/mol. The molecule has 4 nitrogen and oxygen atoms in total. The molecule has 21 heavy (non-hydrogen) atoms. The topological polar surface area (TPSA) is 54.7 Å². The first kappa shape index (κ1) is 15.3. The Labute approximate surface area is 128 Å². The number of rotatable bonds is 5. The summed E-state index contributed by atoms with van der Waals surface area (Å²) in [5.41, 5.74) is 2.35. The van der Waals surface area contributed by atoms with Crippen LogP contribution in [0.1, 0.15) is 35.0 Å². The van der Waals surface area contributed by atoms with E-state index in [1.807, 2.05) is 25.1 Å². The first-order valence-electron chi connectivity index (χ1n) is 6.76. The average molecular weight is 302 g/mol. The SMILES string of the molecule is CCCc1c(N=NC)cc(Cl)nc1C(=O)c1ccccc1. The van der Waals surface area contributed by atoms with Crippen LogP contribution in [0.25, 0.3) is 0 Å². The van der Waals surface area contributed by atoms with E-state index in [1.54, 1.807) is 25.2 Å². The predicted molar refractivity (Wildman–Crippen MR) is 83.6 cm³/mol. The third-order valence-corrected chi connectivity index (χ3v) is 3.22. The fourth-order valence-electron chi connectivity index (χ4n) is 2.14. The highest BCUT2D eigenvalue weighted by Gasteiger charge is 2.19. The van der Waals surface area contributed by atoms with Gasteiger partial charge in [-0.05, 0) is 6.42 Å². The molecule has 0 aliphatic heterocycles. The summed E-state index contributed by atoms with van der Waals surface area (Å²) >= 11 is 6.02. The molecule has 1 heterocycles. The molecule has 0 fully saturated rings. The number of halogens is 1. The minimum atomic E-state index is -0.144. The number of carbonyl (C=O) groups is 1. The van der Waals surface area contributed by atoms with Crippen LogP contribution in [0.15, 0.2) is 46.6 Å². The lowest BCUT2D eigenvalue weighted by Crippen LogP contribution is -2.09. The van der Waals surface area contributed by atoms with Crippen molar-refractivity contribution in [1.29, 1.82) is 0 Å². The molecule has 5 heteroatoms. The van der Waals surface area contributed by atoms with Crippen molar-refractivity contribution < 1.29 is 4.79 Å². The maximum absolute atomic E-state index is 12.7. The number of carbonyl (C=O) groups excluding carboxylic acids is 1. The Morgan fingerprint density at radius 2 is 2.00 bits per heavy atom. The first-order valence-corrected chi connectivity index (χ1v) is 7.14. The molecule has 0 amide bonds. The molecule has 0 aliphatic rings. The molecule has 0 spiro atoms. The van der Waals surface area contributed by atoms with Crippen molar-refractivity contribution in [3.8, 4) is 0 Å². The van der Waals surface area contributed by atoms with E-state index in [2.05, 4.69) is 15.2 Å². The highest BCUT2D eigenvalue weighted by molar-refractivity contribution is 6.30. The molecule has 0 bridgehead atoms. The van der Waals surface area contributed by atoms with Gasteiger partial charge in [-0.25, -0.2) is 4.98 Å². The Balaban J connectivity index is 2.58. The van der Waals surface area contributed by atoms with Gasteiger partial charge in [-0.2, -0.15) is 10.2 Å². The maximum Gasteiger partial charge on any atom is 0.211 e. The number of ketones is 1. The van der Waals surface area contributed by atoms with Crippen LogP contribution in [0.3, 0.4) is 0 Å². The molecule has 0 unspecified atom stereocenters. The van der Waals surface area contributed by atoms with E-state index in [0.717, 1.165) is 12.0 Å². The minimum absolute atomic E-state index is 0.144. The summed E-state index contributed by atoms with van der Waals surface area (Å²) in [5.74, 6) is -0.144. The Hall–Kier alpha value is -2.07. The molecule has 1 aromatic carbocycles. The summed E-state index contributed by atoms with van der Waals surface area (Å²) < 4.78 is 0. The molecule has 1 aromatic heterocycles. The quantitative estimate of drug-likeness (QED) is 0.459. The summed E-state index contributed by atoms with van der Waals surface area (Å²) in [6.07, 6.45) is 1.58. The standard InChI is InChI=1S/C16H16ClN3O/c1-3-7-12-13(20-18-2)10-14(17)19-15(12)16(21)11-8-5-4-6-9-11/h4-6,8-10H,3,7H2,1-2H3. The van der Waals surface area contributed by atoms with Gasteiger partial charge in [0.2, 0.25) is 5.78 Å². The lowest BCUT2D eigenvalue weighted by atomic mass is 9.99. The zero-order valence-corrected chi connectivity index (χ0v) is 12.8. The fraction of sp³-hybridized carbons (Fsp3) is 0.250. The summed E-state index contributed by atoms with van der Waals surface area (Å²) in [4.78, 5) is 16.9. The minimum Gasteiger partial charge on any atom is -0.287 e. The van der Waals surface area contributed by atoms with Gasteiger partial charge in [0.1, 0.15) is 10.8 Å². The largest absolute Gasteiger partial charge is 0.287 e. The molecule has 0 atom stereocenters. The Morgan fingerprint density at radius 3 is 2.62 bits per heavy atom. The van der Waals surface area contributed by atoms with E-state index in [1.165, 1.54) is 0 Å². The number of hydrogen-bond acceptors (Lipinski definition) is 4. The molecular formula is C16H16ClN3O. The van der Waals surface area contributed by atoms with Gasteiger partial charge in [0.05, 0.1) is 5.69 Å². The maximum atomic E-state index is 12.7. The van der Waals surface area contributed by atoms with Crippen molar-refractivity contribution in [3.05, 3.63) is 58.4 Å². The molecular weight excluding hydrogens is 286 g/mol. The lowest BCUT2D eigenvalue weighted by Gasteiger charge is -2.10. The first-order chi connectivity index (χ1) is 10.2. The van der Waals surface area contributed by atoms with Crippen LogP contribution in [-0.4, -0.2) is 17.8 Å². The van der Waals surface area contributed by atoms with Crippen LogP contribution in [-0.2, 0) is 6.42 Å². The second-order valence-electron chi connectivity index (χ2n) is 4.54. The van der Waals surface area contributed by atoms with E-state index in [-0.39, 0.29) is 10.9 Å². The van der Waals surface area contributed by atoms with Crippen molar-refractivity contribution in [1.82, 2.24) is 4.98 Å². The van der Waals surface area contributed by atoms with Gasteiger partial charge in [-0.15, -0.1) is 0 Å². The van der Waals surface area contributed by atoms with Crippen LogP contribution in [0, 0.1) is 0 Å². The summed E-state index contributed by atoms with van der Waals surface area (Å²) in [6, 6.07) is 10.7. The second-order valence-corrected chi connectivity index (χ2v) is 4.92. The predicted octanol–water partition coefficient (Wildman–Crippen LogP) is 4.63. The third kappa shape index (κ3) is 3.52. The van der Waals surface area contributed by atoms with E-state index in [4.69, 9.17) is 11.6 Å². The number of azo groups is 1. The highest BCUT2D eigenvalue weighted by Crippen LogP contribution is 2.28. The third-order valence-electron chi connectivity index (χ3n) is 3.03. The number of pyridine rings is 1. The molecule has 0 N–H and O–H groups in total. The van der Waals surface area contributed by atoms with E-state index in [0.29, 0.717) is 23.4 Å². The molecule has 0 radical (unpaired) electrons. The van der Waals surface area contributed by atoms with Crippen LogP contribution < -0.4 is 0 Å². The van der Waals surface area contributed by atoms with Crippen LogP contribution in [0.5, 0.6) is 0 Å². The van der Waals surface area contributed by atoms with Crippen molar-refractivity contribution >= 4 is 23.1 Å². The van der Waals surface area contributed by atoms with Crippen molar-refractivity contribution in [2.24, 2.45) is 10.2 Å². The second kappa shape index (κ2) is 7.09. The van der Waals surface area contributed by atoms with Crippen molar-refractivity contribution in [3.63, 3.8) is 0 Å².